The van der Waals surface area contributed by atoms with Crippen LogP contribution in [0.3, 0.4) is 0 Å². The monoisotopic (exact) mass is 700 g/mol. The summed E-state index contributed by atoms with van der Waals surface area (Å²) < 4.78 is 19.8. The minimum absolute atomic E-state index is 0.0985. The molecule has 1 unspecified atom stereocenters. The van der Waals surface area contributed by atoms with Crippen LogP contribution in [0.25, 0.3) is 16.0 Å². The number of hydrogen-bond donors (Lipinski definition) is 2. The molecule has 3 aromatic rings. The number of carbonyl (C=O) groups is 2. The summed E-state index contributed by atoms with van der Waals surface area (Å²) in [6, 6.07) is 5.39. The molecule has 15 heteroatoms. The maximum atomic E-state index is 12.8. The molecule has 3 fully saturated rings. The first-order valence-electron chi connectivity index (χ1n) is 18.0. The van der Waals surface area contributed by atoms with Crippen molar-refractivity contribution < 1.29 is 23.8 Å². The van der Waals surface area contributed by atoms with Crippen molar-refractivity contribution in [2.24, 2.45) is 5.41 Å². The number of carbonyl (C=O) groups excluding carboxylic acids is 2. The van der Waals surface area contributed by atoms with Crippen molar-refractivity contribution in [3.63, 3.8) is 0 Å². The summed E-state index contributed by atoms with van der Waals surface area (Å²) in [7, 11) is 1.63. The van der Waals surface area contributed by atoms with E-state index < -0.39 is 11.7 Å². The summed E-state index contributed by atoms with van der Waals surface area (Å²) in [5.74, 6) is 1.33. The molecule has 3 atom stereocenters. The van der Waals surface area contributed by atoms with Crippen LogP contribution in [-0.4, -0.2) is 102 Å². The average Bonchev–Trinajstić information content (AvgIpc) is 3.64. The first kappa shape index (κ1) is 34.8. The number of hydrogen-bond acceptors (Lipinski definition) is 11. The van der Waals surface area contributed by atoms with Crippen molar-refractivity contribution in [3.05, 3.63) is 35.8 Å². The molecule has 0 aliphatic carbocycles. The Morgan fingerprint density at radius 3 is 2.63 bits per heavy atom. The van der Waals surface area contributed by atoms with Crippen molar-refractivity contribution in [3.8, 4) is 0 Å². The third-order valence-corrected chi connectivity index (χ3v) is 10.5. The largest absolute Gasteiger partial charge is 0.444 e. The van der Waals surface area contributed by atoms with Crippen molar-refractivity contribution in [2.75, 3.05) is 67.7 Å². The molecular weight excluding hydrogens is 652 g/mol. The predicted octanol–water partition coefficient (Wildman–Crippen LogP) is 4.68. The molecule has 0 bridgehead atoms. The van der Waals surface area contributed by atoms with Gasteiger partial charge in [-0.15, -0.1) is 5.10 Å². The Labute approximate surface area is 298 Å². The van der Waals surface area contributed by atoms with Gasteiger partial charge in [0.25, 0.3) is 0 Å². The number of fused-ring (bicyclic) bond motifs is 2. The second kappa shape index (κ2) is 13.8. The first-order chi connectivity index (χ1) is 24.5. The zero-order valence-electron chi connectivity index (χ0n) is 30.1. The predicted molar refractivity (Wildman–Crippen MR) is 193 cm³/mol. The van der Waals surface area contributed by atoms with E-state index >= 15 is 0 Å². The Hall–Kier alpha value is -4.68. The Bertz CT molecular complexity index is 1820. The first-order valence-corrected chi connectivity index (χ1v) is 18.0. The fourth-order valence-electron chi connectivity index (χ4n) is 7.82. The maximum absolute atomic E-state index is 12.8. The number of nitrogens with zero attached hydrogens (tertiary/aromatic N) is 8. The quantitative estimate of drug-likeness (QED) is 0.346. The number of piperidine rings is 1. The van der Waals surface area contributed by atoms with Gasteiger partial charge in [-0.3, -0.25) is 4.79 Å². The van der Waals surface area contributed by atoms with E-state index in [-0.39, 0.29) is 36.2 Å². The van der Waals surface area contributed by atoms with E-state index in [0.717, 1.165) is 62.4 Å². The molecule has 2 amide bonds. The Balaban J connectivity index is 1.18. The molecule has 1 spiro atoms. The molecule has 0 saturated carbocycles. The van der Waals surface area contributed by atoms with Crippen LogP contribution in [0.1, 0.15) is 66.0 Å². The SMILES string of the molecule is [C-]#[N+]c1ccc2c(c1)N(CC(=O)NC)CCN2c1nn(C2CCCCO2)c2nc(N3CCC4(CC3)CO[C@@H](C)[C@H]4NC(=O)OC(C)(C)C)cnc12. The molecular formula is C36H48N10O5. The van der Waals surface area contributed by atoms with Gasteiger partial charge in [0, 0.05) is 45.2 Å². The normalized spacial score (nSPS) is 23.2. The number of anilines is 4. The highest BCUT2D eigenvalue weighted by Gasteiger charge is 2.50. The smallest absolute Gasteiger partial charge is 0.407 e. The number of amides is 2. The van der Waals surface area contributed by atoms with Crippen LogP contribution in [0.5, 0.6) is 0 Å². The molecule has 1 aromatic carbocycles. The number of alkyl carbamates (subject to hydrolysis) is 1. The minimum Gasteiger partial charge on any atom is -0.444 e. The van der Waals surface area contributed by atoms with Gasteiger partial charge in [0.15, 0.2) is 28.9 Å². The van der Waals surface area contributed by atoms with Gasteiger partial charge >= 0.3 is 6.09 Å². The van der Waals surface area contributed by atoms with E-state index in [2.05, 4.69) is 25.3 Å². The molecule has 6 heterocycles. The van der Waals surface area contributed by atoms with Crippen molar-refractivity contribution >= 4 is 51.9 Å². The van der Waals surface area contributed by atoms with Gasteiger partial charge < -0.3 is 39.5 Å². The molecule has 3 saturated heterocycles. The van der Waals surface area contributed by atoms with Gasteiger partial charge in [0.05, 0.1) is 49.4 Å². The highest BCUT2D eigenvalue weighted by Crippen LogP contribution is 2.45. The molecule has 0 radical (unpaired) electrons. The van der Waals surface area contributed by atoms with E-state index in [9.17, 15) is 9.59 Å². The molecule has 2 aromatic heterocycles. The molecule has 51 heavy (non-hydrogen) atoms. The number of ether oxygens (including phenoxy) is 3. The minimum atomic E-state index is -0.581. The van der Waals surface area contributed by atoms with Gasteiger partial charge in [-0.1, -0.05) is 6.07 Å². The van der Waals surface area contributed by atoms with Crippen LogP contribution in [0.15, 0.2) is 24.4 Å². The lowest BCUT2D eigenvalue weighted by molar-refractivity contribution is -0.119. The van der Waals surface area contributed by atoms with Gasteiger partial charge in [-0.2, -0.15) is 0 Å². The van der Waals surface area contributed by atoms with Gasteiger partial charge in [0.1, 0.15) is 11.4 Å². The fourth-order valence-corrected chi connectivity index (χ4v) is 7.82. The Morgan fingerprint density at radius 1 is 1.12 bits per heavy atom. The summed E-state index contributed by atoms with van der Waals surface area (Å²) in [6.07, 6.45) is 5.52. The zero-order valence-corrected chi connectivity index (χ0v) is 30.1. The summed E-state index contributed by atoms with van der Waals surface area (Å²) in [5, 5.41) is 11.0. The van der Waals surface area contributed by atoms with Crippen molar-refractivity contribution in [1.29, 1.82) is 0 Å². The third kappa shape index (κ3) is 6.86. The topological polar surface area (TPSA) is 144 Å². The number of likely N-dealkylation sites (N-methyl/N-ethyl adjacent to an activating group) is 1. The van der Waals surface area contributed by atoms with E-state index in [0.29, 0.717) is 49.0 Å². The van der Waals surface area contributed by atoms with Crippen molar-refractivity contribution in [1.82, 2.24) is 30.4 Å². The lowest BCUT2D eigenvalue weighted by Crippen LogP contribution is -2.55. The highest BCUT2D eigenvalue weighted by molar-refractivity contribution is 5.93. The number of rotatable bonds is 6. The molecule has 2 N–H and O–H groups in total. The standard InChI is InChI=1S/C36H48N10O5/c1-23-31(41-34(48)51-35(2,3)4)36(22-50-23)12-14-43(15-13-36)27-20-39-30-32(40-27)46(29-9-7-8-18-49-29)42-33(30)45-17-16-44(21-28(47)38-6)26-19-24(37-5)10-11-25(26)45/h10-11,19-20,23,29,31H,7-9,12-18,21-22H2,1-4,6H3,(H,38,47)(H,41,48)/t23-,29?,31+/m0/s1. The van der Waals surface area contributed by atoms with Crippen LogP contribution < -0.4 is 25.3 Å². The van der Waals surface area contributed by atoms with Crippen LogP contribution in [-0.2, 0) is 19.0 Å². The molecule has 4 aliphatic rings. The fraction of sp³-hybridized carbons (Fsp3) is 0.611. The number of nitrogens with one attached hydrogen (secondary N) is 2. The van der Waals surface area contributed by atoms with E-state index in [1.54, 1.807) is 13.1 Å². The molecule has 15 nitrogen and oxygen atoms in total. The summed E-state index contributed by atoms with van der Waals surface area (Å²) in [6.45, 7) is 19.2. The van der Waals surface area contributed by atoms with Crippen LogP contribution >= 0.6 is 0 Å². The van der Waals surface area contributed by atoms with E-state index in [4.69, 9.17) is 35.8 Å². The Kier molecular flexibility index (Phi) is 9.40. The van der Waals surface area contributed by atoms with Crippen LogP contribution in [0.4, 0.5) is 33.5 Å². The lowest BCUT2D eigenvalue weighted by Gasteiger charge is -2.42. The van der Waals surface area contributed by atoms with E-state index in [1.807, 2.05) is 55.6 Å². The van der Waals surface area contributed by atoms with Crippen LogP contribution in [0.2, 0.25) is 0 Å². The molecule has 7 rings (SSSR count). The van der Waals surface area contributed by atoms with Gasteiger partial charge in [0.2, 0.25) is 5.91 Å². The zero-order chi connectivity index (χ0) is 35.9. The average molecular weight is 701 g/mol. The Morgan fingerprint density at radius 2 is 1.92 bits per heavy atom. The second-order valence-corrected chi connectivity index (χ2v) is 15.0. The summed E-state index contributed by atoms with van der Waals surface area (Å²) >= 11 is 0. The maximum Gasteiger partial charge on any atom is 0.407 e. The highest BCUT2D eigenvalue weighted by atomic mass is 16.6. The molecule has 4 aliphatic heterocycles. The number of benzene rings is 1. The lowest BCUT2D eigenvalue weighted by atomic mass is 9.73. The summed E-state index contributed by atoms with van der Waals surface area (Å²) in [5.41, 5.74) is 2.69. The van der Waals surface area contributed by atoms with Gasteiger partial charge in [-0.05, 0) is 71.9 Å². The van der Waals surface area contributed by atoms with Crippen molar-refractivity contribution in [2.45, 2.75) is 83.8 Å². The third-order valence-electron chi connectivity index (χ3n) is 10.5. The molecule has 272 valence electrons. The van der Waals surface area contributed by atoms with Gasteiger partial charge in [-0.25, -0.2) is 24.3 Å². The van der Waals surface area contributed by atoms with E-state index in [1.165, 1.54) is 0 Å². The number of aromatic nitrogens is 4. The second-order valence-electron chi connectivity index (χ2n) is 15.0. The van der Waals surface area contributed by atoms with Crippen LogP contribution in [0, 0.1) is 12.0 Å². The summed E-state index contributed by atoms with van der Waals surface area (Å²) in [4.78, 5) is 45.4.